The lowest BCUT2D eigenvalue weighted by Crippen LogP contribution is -2.45. The third-order valence-corrected chi connectivity index (χ3v) is 4.78. The van der Waals surface area contributed by atoms with E-state index >= 15 is 0 Å². The summed E-state index contributed by atoms with van der Waals surface area (Å²) in [5.41, 5.74) is 0.969. The largest absolute Gasteiger partial charge is 0.392 e. The molecule has 1 saturated heterocycles. The molecule has 1 atom stereocenters. The summed E-state index contributed by atoms with van der Waals surface area (Å²) < 4.78 is 13.4. The Bertz CT molecular complexity index is 631. The number of nitrogens with zero attached hydrogens (tertiary/aromatic N) is 1. The van der Waals surface area contributed by atoms with Crippen LogP contribution in [0, 0.1) is 17.7 Å². The van der Waals surface area contributed by atoms with Gasteiger partial charge in [0.05, 0.1) is 12.5 Å². The molecule has 2 amide bonds. The molecular weight excluding hydrogens is 311 g/mol. The number of amides is 2. The van der Waals surface area contributed by atoms with Crippen molar-refractivity contribution in [2.24, 2.45) is 11.8 Å². The second kappa shape index (κ2) is 7.30. The molecule has 3 rings (SSSR count). The lowest BCUT2D eigenvalue weighted by Gasteiger charge is -2.32. The maximum absolute atomic E-state index is 13.4. The number of piperidine rings is 1. The normalized spacial score (nSPS) is 20.8. The van der Waals surface area contributed by atoms with Crippen LogP contribution in [0.2, 0.25) is 0 Å². The van der Waals surface area contributed by atoms with Gasteiger partial charge < -0.3 is 15.3 Å². The average molecular weight is 334 g/mol. The van der Waals surface area contributed by atoms with Crippen molar-refractivity contribution in [3.05, 3.63) is 35.1 Å². The summed E-state index contributed by atoms with van der Waals surface area (Å²) in [4.78, 5) is 26.3. The molecule has 2 N–H and O–H groups in total. The average Bonchev–Trinajstić information content (AvgIpc) is 3.45. The van der Waals surface area contributed by atoms with Crippen molar-refractivity contribution in [3.63, 3.8) is 0 Å². The first-order valence-corrected chi connectivity index (χ1v) is 8.53. The van der Waals surface area contributed by atoms with Gasteiger partial charge in [-0.3, -0.25) is 9.59 Å². The van der Waals surface area contributed by atoms with Gasteiger partial charge in [-0.1, -0.05) is 6.07 Å². The van der Waals surface area contributed by atoms with Crippen molar-refractivity contribution in [3.8, 4) is 0 Å². The second-order valence-corrected chi connectivity index (χ2v) is 6.70. The highest BCUT2D eigenvalue weighted by molar-refractivity contribution is 5.83. The molecule has 1 aliphatic carbocycles. The van der Waals surface area contributed by atoms with E-state index in [-0.39, 0.29) is 35.8 Å². The number of halogens is 1. The molecule has 130 valence electrons. The summed E-state index contributed by atoms with van der Waals surface area (Å²) in [6.07, 6.45) is 3.58. The van der Waals surface area contributed by atoms with E-state index in [1.54, 1.807) is 12.1 Å². The fourth-order valence-corrected chi connectivity index (χ4v) is 3.17. The minimum atomic E-state index is -0.450. The number of aliphatic hydroxyl groups is 1. The molecule has 2 aliphatic rings. The Morgan fingerprint density at radius 2 is 2.04 bits per heavy atom. The number of aliphatic hydroxyl groups excluding tert-OH is 1. The highest BCUT2D eigenvalue weighted by Gasteiger charge is 2.36. The summed E-state index contributed by atoms with van der Waals surface area (Å²) >= 11 is 0. The number of carbonyl (C=O) groups is 2. The molecule has 1 heterocycles. The van der Waals surface area contributed by atoms with Gasteiger partial charge in [-0.25, -0.2) is 4.39 Å². The quantitative estimate of drug-likeness (QED) is 0.859. The van der Waals surface area contributed by atoms with Crippen LogP contribution in [0.4, 0.5) is 4.39 Å². The van der Waals surface area contributed by atoms with Crippen LogP contribution in [0.3, 0.4) is 0 Å². The van der Waals surface area contributed by atoms with Crippen LogP contribution in [-0.4, -0.2) is 34.9 Å². The number of hydrogen-bond acceptors (Lipinski definition) is 3. The molecule has 1 saturated carbocycles. The highest BCUT2D eigenvalue weighted by atomic mass is 19.1. The molecule has 2 fully saturated rings. The van der Waals surface area contributed by atoms with Crippen LogP contribution < -0.4 is 5.32 Å². The Morgan fingerprint density at radius 1 is 1.25 bits per heavy atom. The molecular formula is C18H23FN2O3. The minimum Gasteiger partial charge on any atom is -0.392 e. The number of hydrogen-bond donors (Lipinski definition) is 2. The molecule has 6 heteroatoms. The zero-order chi connectivity index (χ0) is 17.1. The Balaban J connectivity index is 1.53. The van der Waals surface area contributed by atoms with Crippen molar-refractivity contribution < 1.29 is 19.1 Å². The molecule has 1 aromatic carbocycles. The van der Waals surface area contributed by atoms with Gasteiger partial charge in [-0.05, 0) is 43.4 Å². The van der Waals surface area contributed by atoms with Crippen LogP contribution in [0.15, 0.2) is 18.2 Å². The fourth-order valence-electron chi connectivity index (χ4n) is 3.17. The van der Waals surface area contributed by atoms with Gasteiger partial charge in [0, 0.05) is 31.1 Å². The van der Waals surface area contributed by atoms with Crippen molar-refractivity contribution in [1.82, 2.24) is 10.2 Å². The molecule has 0 spiro atoms. The monoisotopic (exact) mass is 334 g/mol. The number of carbonyl (C=O) groups excluding carboxylic acids is 2. The van der Waals surface area contributed by atoms with Crippen LogP contribution in [0.25, 0.3) is 0 Å². The number of benzene rings is 1. The molecule has 24 heavy (non-hydrogen) atoms. The molecule has 0 aromatic heterocycles. The van der Waals surface area contributed by atoms with E-state index in [0.29, 0.717) is 13.1 Å². The molecule has 0 bridgehead atoms. The number of nitrogens with one attached hydrogen (secondary N) is 1. The summed E-state index contributed by atoms with van der Waals surface area (Å²) in [5.74, 6) is -0.326. The molecule has 0 radical (unpaired) electrons. The smallest absolute Gasteiger partial charge is 0.225 e. The zero-order valence-corrected chi connectivity index (χ0v) is 13.6. The van der Waals surface area contributed by atoms with Crippen molar-refractivity contribution in [2.45, 2.75) is 38.8 Å². The van der Waals surface area contributed by atoms with Gasteiger partial charge in [0.25, 0.3) is 0 Å². The van der Waals surface area contributed by atoms with E-state index in [1.807, 2.05) is 4.90 Å². The van der Waals surface area contributed by atoms with Crippen molar-refractivity contribution in [2.75, 3.05) is 13.1 Å². The lowest BCUT2D eigenvalue weighted by molar-refractivity contribution is -0.136. The van der Waals surface area contributed by atoms with E-state index in [9.17, 15) is 14.0 Å². The Labute approximate surface area is 140 Å². The molecule has 1 aliphatic heterocycles. The standard InChI is InChI=1S/C18H23FN2O3/c19-16-6-3-12(8-15(16)11-22)9-20-17(23)14-2-1-7-21(10-14)18(24)13-4-5-13/h3,6,8,13-14,22H,1-2,4-5,7,9-11H2,(H,20,23). The van der Waals surface area contributed by atoms with Crippen LogP contribution in [0.1, 0.15) is 36.8 Å². The van der Waals surface area contributed by atoms with Crippen molar-refractivity contribution in [1.29, 1.82) is 0 Å². The predicted molar refractivity (Wildman–Crippen MR) is 86.2 cm³/mol. The van der Waals surface area contributed by atoms with E-state index < -0.39 is 5.82 Å². The molecule has 1 aromatic rings. The third kappa shape index (κ3) is 3.93. The lowest BCUT2D eigenvalue weighted by atomic mass is 9.96. The Morgan fingerprint density at radius 3 is 2.75 bits per heavy atom. The zero-order valence-electron chi connectivity index (χ0n) is 13.6. The van der Waals surface area contributed by atoms with Gasteiger partial charge in [-0.2, -0.15) is 0 Å². The fraction of sp³-hybridized carbons (Fsp3) is 0.556. The van der Waals surface area contributed by atoms with Crippen LogP contribution in [0.5, 0.6) is 0 Å². The summed E-state index contributed by atoms with van der Waals surface area (Å²) in [7, 11) is 0. The second-order valence-electron chi connectivity index (χ2n) is 6.70. The first kappa shape index (κ1) is 16.9. The van der Waals surface area contributed by atoms with Crippen molar-refractivity contribution >= 4 is 11.8 Å². The van der Waals surface area contributed by atoms with E-state index in [2.05, 4.69) is 5.32 Å². The van der Waals surface area contributed by atoms with Gasteiger partial charge >= 0.3 is 0 Å². The number of likely N-dealkylation sites (tertiary alicyclic amines) is 1. The highest BCUT2D eigenvalue weighted by Crippen LogP contribution is 2.32. The van der Waals surface area contributed by atoms with Gasteiger partial charge in [0.2, 0.25) is 11.8 Å². The summed E-state index contributed by atoms with van der Waals surface area (Å²) in [6.45, 7) is 1.16. The number of rotatable bonds is 5. The Kier molecular flexibility index (Phi) is 5.14. The van der Waals surface area contributed by atoms with Gasteiger partial charge in [0.1, 0.15) is 5.82 Å². The first-order chi connectivity index (χ1) is 11.6. The summed E-state index contributed by atoms with van der Waals surface area (Å²) in [6, 6.07) is 4.45. The van der Waals surface area contributed by atoms with E-state index in [4.69, 9.17) is 5.11 Å². The first-order valence-electron chi connectivity index (χ1n) is 8.53. The topological polar surface area (TPSA) is 69.6 Å². The Hall–Kier alpha value is -1.95. The van der Waals surface area contributed by atoms with Crippen LogP contribution >= 0.6 is 0 Å². The van der Waals surface area contributed by atoms with Gasteiger partial charge in [-0.15, -0.1) is 0 Å². The molecule has 1 unspecified atom stereocenters. The van der Waals surface area contributed by atoms with E-state index in [0.717, 1.165) is 37.8 Å². The minimum absolute atomic E-state index is 0.0711. The maximum atomic E-state index is 13.4. The maximum Gasteiger partial charge on any atom is 0.225 e. The SMILES string of the molecule is O=C(NCc1ccc(F)c(CO)c1)C1CCCN(C(=O)C2CC2)C1. The predicted octanol–water partition coefficient (Wildman–Crippen LogP) is 1.58. The molecule has 5 nitrogen and oxygen atoms in total. The summed E-state index contributed by atoms with van der Waals surface area (Å²) in [5, 5.41) is 12.0. The van der Waals surface area contributed by atoms with Gasteiger partial charge in [0.15, 0.2) is 0 Å². The van der Waals surface area contributed by atoms with Crippen LogP contribution in [-0.2, 0) is 22.7 Å². The third-order valence-electron chi connectivity index (χ3n) is 4.78. The van der Waals surface area contributed by atoms with E-state index in [1.165, 1.54) is 6.07 Å².